The summed E-state index contributed by atoms with van der Waals surface area (Å²) >= 11 is 2.32. The van der Waals surface area contributed by atoms with Crippen LogP contribution in [0.2, 0.25) is 0 Å². The molecule has 0 saturated heterocycles. The molecule has 0 aromatic heterocycles. The van der Waals surface area contributed by atoms with E-state index in [0.717, 1.165) is 5.56 Å². The van der Waals surface area contributed by atoms with Gasteiger partial charge < -0.3 is 5.11 Å². The number of hydrogen-bond donors (Lipinski definition) is 1. The molecule has 0 fully saturated rings. The minimum Gasteiger partial charge on any atom is -0.508 e. The van der Waals surface area contributed by atoms with Gasteiger partial charge in [-0.1, -0.05) is 40.3 Å². The molecule has 1 rings (SSSR count). The van der Waals surface area contributed by atoms with Crippen LogP contribution in [-0.2, 0) is 3.42 Å². The Kier molecular flexibility index (Phi) is 2.66. The zero-order chi connectivity index (χ0) is 9.35. The van der Waals surface area contributed by atoms with E-state index in [1.54, 1.807) is 6.07 Å². The van der Waals surface area contributed by atoms with E-state index in [-0.39, 0.29) is 3.42 Å². The summed E-state index contributed by atoms with van der Waals surface area (Å²) < 4.78 is -0.00609. The van der Waals surface area contributed by atoms with E-state index in [1.165, 1.54) is 5.56 Å². The number of aryl methyl sites for hydroxylation is 1. The molecule has 0 radical (unpaired) electrons. The molecule has 12 heavy (non-hydrogen) atoms. The molecule has 0 aliphatic rings. The van der Waals surface area contributed by atoms with Crippen molar-refractivity contribution in [2.24, 2.45) is 0 Å². The van der Waals surface area contributed by atoms with Crippen molar-refractivity contribution in [3.63, 3.8) is 0 Å². The third kappa shape index (κ3) is 2.12. The van der Waals surface area contributed by atoms with Crippen molar-refractivity contribution in [3.05, 3.63) is 29.3 Å². The second kappa shape index (κ2) is 3.24. The summed E-state index contributed by atoms with van der Waals surface area (Å²) in [4.78, 5) is 0. The molecule has 1 aromatic rings. The maximum Gasteiger partial charge on any atom is 0.120 e. The molecular formula is C10H13IO. The average molecular weight is 276 g/mol. The first-order valence-electron chi connectivity index (χ1n) is 3.90. The number of aromatic hydroxyl groups is 1. The fourth-order valence-electron chi connectivity index (χ4n) is 1.13. The number of alkyl halides is 1. The minimum atomic E-state index is -0.00609. The Bertz CT molecular complexity index is 286. The van der Waals surface area contributed by atoms with Gasteiger partial charge in [0, 0.05) is 8.99 Å². The predicted octanol–water partition coefficient (Wildman–Crippen LogP) is 3.37. The van der Waals surface area contributed by atoms with Crippen LogP contribution in [0.5, 0.6) is 5.75 Å². The molecule has 0 saturated carbocycles. The van der Waals surface area contributed by atoms with Gasteiger partial charge in [-0.2, -0.15) is 0 Å². The highest BCUT2D eigenvalue weighted by atomic mass is 127. The summed E-state index contributed by atoms with van der Waals surface area (Å²) in [6, 6.07) is 5.70. The van der Waals surface area contributed by atoms with Crippen LogP contribution < -0.4 is 0 Å². The van der Waals surface area contributed by atoms with E-state index >= 15 is 0 Å². The topological polar surface area (TPSA) is 20.2 Å². The first kappa shape index (κ1) is 9.84. The zero-order valence-electron chi connectivity index (χ0n) is 7.56. The third-order valence-electron chi connectivity index (χ3n) is 1.79. The van der Waals surface area contributed by atoms with Crippen molar-refractivity contribution >= 4 is 22.6 Å². The lowest BCUT2D eigenvalue weighted by Crippen LogP contribution is -2.06. The average Bonchev–Trinajstić information content (AvgIpc) is 1.92. The molecule has 2 heteroatoms. The lowest BCUT2D eigenvalue weighted by atomic mass is 10.00. The maximum absolute atomic E-state index is 9.57. The summed E-state index contributed by atoms with van der Waals surface area (Å²) in [6.45, 7) is 6.20. The van der Waals surface area contributed by atoms with Crippen LogP contribution in [0.1, 0.15) is 25.0 Å². The Morgan fingerprint density at radius 1 is 1.33 bits per heavy atom. The summed E-state index contributed by atoms with van der Waals surface area (Å²) in [5.41, 5.74) is 2.19. The van der Waals surface area contributed by atoms with Gasteiger partial charge >= 0.3 is 0 Å². The van der Waals surface area contributed by atoms with E-state index in [2.05, 4.69) is 36.4 Å². The highest BCUT2D eigenvalue weighted by Crippen LogP contribution is 2.36. The Balaban J connectivity index is 3.23. The van der Waals surface area contributed by atoms with Crippen LogP contribution in [0.25, 0.3) is 0 Å². The minimum absolute atomic E-state index is 0.00609. The van der Waals surface area contributed by atoms with Gasteiger partial charge in [-0.05, 0) is 26.8 Å². The Hall–Kier alpha value is -0.250. The molecule has 0 aliphatic heterocycles. The van der Waals surface area contributed by atoms with Gasteiger partial charge in [-0.3, -0.25) is 0 Å². The number of phenols is 1. The molecular weight excluding hydrogens is 263 g/mol. The van der Waals surface area contributed by atoms with Gasteiger partial charge in [-0.15, -0.1) is 0 Å². The Morgan fingerprint density at radius 3 is 2.33 bits per heavy atom. The van der Waals surface area contributed by atoms with Crippen LogP contribution in [0.3, 0.4) is 0 Å². The van der Waals surface area contributed by atoms with Crippen molar-refractivity contribution in [2.45, 2.75) is 24.2 Å². The first-order valence-corrected chi connectivity index (χ1v) is 4.98. The highest BCUT2D eigenvalue weighted by molar-refractivity contribution is 14.1. The summed E-state index contributed by atoms with van der Waals surface area (Å²) in [7, 11) is 0. The third-order valence-corrected chi connectivity index (χ3v) is 2.37. The highest BCUT2D eigenvalue weighted by Gasteiger charge is 2.19. The second-order valence-electron chi connectivity index (χ2n) is 3.49. The Morgan fingerprint density at radius 2 is 1.92 bits per heavy atom. The molecule has 0 unspecified atom stereocenters. The molecule has 0 amide bonds. The summed E-state index contributed by atoms with van der Waals surface area (Å²) in [5, 5.41) is 9.57. The summed E-state index contributed by atoms with van der Waals surface area (Å²) in [5.74, 6) is 0.389. The molecule has 1 aromatic carbocycles. The monoisotopic (exact) mass is 276 g/mol. The van der Waals surface area contributed by atoms with Crippen LogP contribution in [-0.4, -0.2) is 5.11 Å². The molecule has 0 atom stereocenters. The molecule has 0 heterocycles. The molecule has 1 nitrogen and oxygen atoms in total. The largest absolute Gasteiger partial charge is 0.508 e. The van der Waals surface area contributed by atoms with E-state index in [4.69, 9.17) is 0 Å². The number of benzene rings is 1. The smallest absolute Gasteiger partial charge is 0.120 e. The summed E-state index contributed by atoms with van der Waals surface area (Å²) in [6.07, 6.45) is 0. The number of phenolic OH excluding ortho intramolecular Hbond substituents is 1. The molecule has 0 bridgehead atoms. The van der Waals surface area contributed by atoms with Crippen molar-refractivity contribution in [1.82, 2.24) is 0 Å². The molecule has 0 spiro atoms. The zero-order valence-corrected chi connectivity index (χ0v) is 9.71. The number of halogens is 1. The van der Waals surface area contributed by atoms with Crippen molar-refractivity contribution < 1.29 is 5.11 Å². The first-order chi connectivity index (χ1) is 5.41. The van der Waals surface area contributed by atoms with Crippen molar-refractivity contribution in [3.8, 4) is 5.75 Å². The van der Waals surface area contributed by atoms with Crippen molar-refractivity contribution in [1.29, 1.82) is 0 Å². The van der Waals surface area contributed by atoms with Crippen LogP contribution >= 0.6 is 22.6 Å². The Labute approximate surface area is 86.9 Å². The fraction of sp³-hybridized carbons (Fsp3) is 0.400. The van der Waals surface area contributed by atoms with Crippen molar-refractivity contribution in [2.75, 3.05) is 0 Å². The van der Waals surface area contributed by atoms with E-state index < -0.39 is 0 Å². The standard InChI is InChI=1S/C10H13IO/c1-7-4-5-9(12)8(6-7)10(2,3)11/h4-6,12H,1-3H3. The number of rotatable bonds is 1. The lowest BCUT2D eigenvalue weighted by Gasteiger charge is -2.18. The van der Waals surface area contributed by atoms with Crippen LogP contribution in [0, 0.1) is 6.92 Å². The maximum atomic E-state index is 9.57. The fourth-order valence-corrected chi connectivity index (χ4v) is 1.56. The van der Waals surface area contributed by atoms with E-state index in [0.29, 0.717) is 5.75 Å². The number of hydrogen-bond acceptors (Lipinski definition) is 1. The lowest BCUT2D eigenvalue weighted by molar-refractivity contribution is 0.463. The van der Waals surface area contributed by atoms with Gasteiger partial charge in [0.2, 0.25) is 0 Å². The van der Waals surface area contributed by atoms with E-state index in [1.807, 2.05) is 19.1 Å². The molecule has 1 N–H and O–H groups in total. The predicted molar refractivity (Wildman–Crippen MR) is 59.9 cm³/mol. The van der Waals surface area contributed by atoms with Gasteiger partial charge in [0.05, 0.1) is 0 Å². The van der Waals surface area contributed by atoms with Gasteiger partial charge in [0.1, 0.15) is 5.75 Å². The van der Waals surface area contributed by atoms with Crippen LogP contribution in [0.15, 0.2) is 18.2 Å². The van der Waals surface area contributed by atoms with Gasteiger partial charge in [0.15, 0.2) is 0 Å². The normalized spacial score (nSPS) is 11.7. The van der Waals surface area contributed by atoms with E-state index in [9.17, 15) is 5.11 Å². The molecule has 66 valence electrons. The molecule has 0 aliphatic carbocycles. The van der Waals surface area contributed by atoms with Gasteiger partial charge in [0.25, 0.3) is 0 Å². The second-order valence-corrected chi connectivity index (χ2v) is 6.19. The quantitative estimate of drug-likeness (QED) is 0.616. The van der Waals surface area contributed by atoms with Gasteiger partial charge in [-0.25, -0.2) is 0 Å². The van der Waals surface area contributed by atoms with Crippen LogP contribution in [0.4, 0.5) is 0 Å². The SMILES string of the molecule is Cc1ccc(O)c(C(C)(C)I)c1.